The molecule has 0 unspecified atom stereocenters. The molecule has 21 heavy (non-hydrogen) atoms. The van der Waals surface area contributed by atoms with Crippen molar-refractivity contribution in [2.45, 2.75) is 6.42 Å². The topological polar surface area (TPSA) is 83.6 Å². The van der Waals surface area contributed by atoms with Crippen molar-refractivity contribution in [3.63, 3.8) is 0 Å². The van der Waals surface area contributed by atoms with Gasteiger partial charge in [0.1, 0.15) is 5.82 Å². The normalized spacial score (nSPS) is 20.9. The van der Waals surface area contributed by atoms with Gasteiger partial charge in [0.15, 0.2) is 9.84 Å². The minimum Gasteiger partial charge on any atom is -0.368 e. The highest BCUT2D eigenvalue weighted by molar-refractivity contribution is 7.91. The number of fused-ring (bicyclic) bond motifs is 1. The SMILES string of the molecule is O=C1Nc2cc(N3CCCS(=O)(=O)CC3)c(F)cc2C1=O. The Morgan fingerprint density at radius 1 is 1.14 bits per heavy atom. The molecule has 2 aliphatic heterocycles. The van der Waals surface area contributed by atoms with E-state index >= 15 is 0 Å². The maximum Gasteiger partial charge on any atom is 0.296 e. The summed E-state index contributed by atoms with van der Waals surface area (Å²) in [5.41, 5.74) is 0.498. The molecule has 0 aromatic heterocycles. The summed E-state index contributed by atoms with van der Waals surface area (Å²) in [5, 5.41) is 2.39. The fraction of sp³-hybridized carbons (Fsp3) is 0.385. The van der Waals surface area contributed by atoms with Gasteiger partial charge >= 0.3 is 0 Å². The maximum atomic E-state index is 14.2. The zero-order valence-electron chi connectivity index (χ0n) is 11.1. The van der Waals surface area contributed by atoms with Crippen molar-refractivity contribution >= 4 is 32.9 Å². The fourth-order valence-corrected chi connectivity index (χ4v) is 3.85. The standard InChI is InChI=1S/C13H13FN2O4S/c14-9-6-8-10(15-13(18)12(8)17)7-11(9)16-2-1-4-21(19,20)5-3-16/h6-7H,1-5H2,(H,15,17,18). The summed E-state index contributed by atoms with van der Waals surface area (Å²) in [7, 11) is -3.09. The van der Waals surface area contributed by atoms with Crippen LogP contribution in [0.15, 0.2) is 12.1 Å². The first-order valence-electron chi connectivity index (χ1n) is 6.52. The van der Waals surface area contributed by atoms with Crippen LogP contribution >= 0.6 is 0 Å². The Kier molecular flexibility index (Phi) is 3.20. The zero-order valence-corrected chi connectivity index (χ0v) is 11.9. The molecular formula is C13H13FN2O4S. The van der Waals surface area contributed by atoms with Crippen molar-refractivity contribution in [3.05, 3.63) is 23.5 Å². The summed E-state index contributed by atoms with van der Waals surface area (Å²) in [6.45, 7) is 0.608. The molecule has 1 N–H and O–H groups in total. The number of hydrogen-bond acceptors (Lipinski definition) is 5. The average Bonchev–Trinajstić information content (AvgIpc) is 2.59. The number of ketones is 1. The molecule has 0 radical (unpaired) electrons. The third-order valence-electron chi connectivity index (χ3n) is 3.68. The second kappa shape index (κ2) is 4.80. The van der Waals surface area contributed by atoms with E-state index in [0.717, 1.165) is 6.07 Å². The lowest BCUT2D eigenvalue weighted by atomic mass is 10.1. The molecule has 0 saturated carbocycles. The molecule has 0 spiro atoms. The molecule has 8 heteroatoms. The van der Waals surface area contributed by atoms with Crippen LogP contribution < -0.4 is 10.2 Å². The van der Waals surface area contributed by atoms with E-state index in [9.17, 15) is 22.4 Å². The first kappa shape index (κ1) is 14.0. The Balaban J connectivity index is 1.95. The number of Topliss-reactive ketones (excluding diaryl/α,β-unsaturated/α-hetero) is 1. The molecule has 1 aromatic carbocycles. The predicted octanol–water partition coefficient (Wildman–Crippen LogP) is 0.585. The minimum absolute atomic E-state index is 0.0173. The van der Waals surface area contributed by atoms with Crippen LogP contribution in [0.2, 0.25) is 0 Å². The van der Waals surface area contributed by atoms with Crippen molar-refractivity contribution in [1.29, 1.82) is 0 Å². The van der Waals surface area contributed by atoms with Crippen molar-refractivity contribution in [2.24, 2.45) is 0 Å². The molecular weight excluding hydrogens is 299 g/mol. The third kappa shape index (κ3) is 2.51. The number of nitrogens with zero attached hydrogens (tertiary/aromatic N) is 1. The van der Waals surface area contributed by atoms with E-state index in [4.69, 9.17) is 0 Å². The van der Waals surface area contributed by atoms with Gasteiger partial charge in [0.25, 0.3) is 11.7 Å². The summed E-state index contributed by atoms with van der Waals surface area (Å²) in [4.78, 5) is 24.4. The number of amides is 1. The van der Waals surface area contributed by atoms with Gasteiger partial charge in [-0.3, -0.25) is 9.59 Å². The van der Waals surface area contributed by atoms with Crippen LogP contribution in [-0.2, 0) is 14.6 Å². The van der Waals surface area contributed by atoms with E-state index in [0.29, 0.717) is 13.0 Å². The molecule has 2 heterocycles. The van der Waals surface area contributed by atoms with Gasteiger partial charge in [-0.1, -0.05) is 0 Å². The van der Waals surface area contributed by atoms with Gasteiger partial charge < -0.3 is 10.2 Å². The molecule has 0 aliphatic carbocycles. The Morgan fingerprint density at radius 3 is 2.67 bits per heavy atom. The maximum absolute atomic E-state index is 14.2. The van der Waals surface area contributed by atoms with Gasteiger partial charge in [-0.25, -0.2) is 12.8 Å². The van der Waals surface area contributed by atoms with Crippen LogP contribution in [0.5, 0.6) is 0 Å². The number of carbonyl (C=O) groups excluding carboxylic acids is 2. The van der Waals surface area contributed by atoms with Crippen LogP contribution in [0.3, 0.4) is 0 Å². The largest absolute Gasteiger partial charge is 0.368 e. The van der Waals surface area contributed by atoms with Gasteiger partial charge in [0.05, 0.1) is 28.4 Å². The molecule has 0 atom stereocenters. The Labute approximate surface area is 120 Å². The summed E-state index contributed by atoms with van der Waals surface area (Å²) in [6, 6.07) is 2.43. The number of halogens is 1. The van der Waals surface area contributed by atoms with Crippen LogP contribution in [-0.4, -0.2) is 44.7 Å². The van der Waals surface area contributed by atoms with Crippen molar-refractivity contribution in [1.82, 2.24) is 0 Å². The summed E-state index contributed by atoms with van der Waals surface area (Å²) < 4.78 is 37.3. The smallest absolute Gasteiger partial charge is 0.296 e. The lowest BCUT2D eigenvalue weighted by Crippen LogP contribution is -2.27. The molecule has 2 aliphatic rings. The second-order valence-corrected chi connectivity index (χ2v) is 7.43. The second-order valence-electron chi connectivity index (χ2n) is 5.12. The van der Waals surface area contributed by atoms with Gasteiger partial charge in [-0.2, -0.15) is 0 Å². The highest BCUT2D eigenvalue weighted by Crippen LogP contribution is 2.31. The average molecular weight is 312 g/mol. The molecule has 112 valence electrons. The molecule has 1 fully saturated rings. The number of hydrogen-bond donors (Lipinski definition) is 1. The van der Waals surface area contributed by atoms with E-state index in [1.165, 1.54) is 6.07 Å². The quantitative estimate of drug-likeness (QED) is 0.767. The van der Waals surface area contributed by atoms with Crippen molar-refractivity contribution in [3.8, 4) is 0 Å². The number of sulfone groups is 1. The summed E-state index contributed by atoms with van der Waals surface area (Å²) in [5.74, 6) is -2.10. The molecule has 3 rings (SSSR count). The Morgan fingerprint density at radius 2 is 1.90 bits per heavy atom. The van der Waals surface area contributed by atoms with Gasteiger partial charge in [0.2, 0.25) is 0 Å². The molecule has 0 bridgehead atoms. The Hall–Kier alpha value is -1.96. The van der Waals surface area contributed by atoms with Crippen molar-refractivity contribution in [2.75, 3.05) is 34.8 Å². The van der Waals surface area contributed by atoms with E-state index in [2.05, 4.69) is 5.32 Å². The summed E-state index contributed by atoms with van der Waals surface area (Å²) in [6.07, 6.45) is 0.421. The van der Waals surface area contributed by atoms with Crippen LogP contribution in [0, 0.1) is 5.82 Å². The molecule has 6 nitrogen and oxygen atoms in total. The number of rotatable bonds is 1. The fourth-order valence-electron chi connectivity index (χ4n) is 2.58. The predicted molar refractivity (Wildman–Crippen MR) is 74.8 cm³/mol. The first-order valence-corrected chi connectivity index (χ1v) is 8.34. The first-order chi connectivity index (χ1) is 9.87. The number of nitrogens with one attached hydrogen (secondary N) is 1. The van der Waals surface area contributed by atoms with Gasteiger partial charge in [0, 0.05) is 13.1 Å². The number of anilines is 2. The van der Waals surface area contributed by atoms with E-state index in [1.807, 2.05) is 0 Å². The van der Waals surface area contributed by atoms with E-state index in [1.54, 1.807) is 4.90 Å². The molecule has 1 aromatic rings. The van der Waals surface area contributed by atoms with Gasteiger partial charge in [-0.05, 0) is 18.6 Å². The monoisotopic (exact) mass is 312 g/mol. The molecule has 1 amide bonds. The molecule has 1 saturated heterocycles. The van der Waals surface area contributed by atoms with E-state index in [-0.39, 0.29) is 35.0 Å². The highest BCUT2D eigenvalue weighted by Gasteiger charge is 2.31. The lowest BCUT2D eigenvalue weighted by Gasteiger charge is -2.23. The highest BCUT2D eigenvalue weighted by atomic mass is 32.2. The zero-order chi connectivity index (χ0) is 15.2. The van der Waals surface area contributed by atoms with Crippen LogP contribution in [0.1, 0.15) is 16.8 Å². The van der Waals surface area contributed by atoms with Crippen LogP contribution in [0.4, 0.5) is 15.8 Å². The summed E-state index contributed by atoms with van der Waals surface area (Å²) >= 11 is 0. The van der Waals surface area contributed by atoms with E-state index < -0.39 is 27.3 Å². The lowest BCUT2D eigenvalue weighted by molar-refractivity contribution is -0.112. The van der Waals surface area contributed by atoms with Crippen LogP contribution in [0.25, 0.3) is 0 Å². The third-order valence-corrected chi connectivity index (χ3v) is 5.40. The van der Waals surface area contributed by atoms with Gasteiger partial charge in [-0.15, -0.1) is 0 Å². The minimum atomic E-state index is -3.09. The Bertz CT molecular complexity index is 745. The number of benzene rings is 1. The van der Waals surface area contributed by atoms with Crippen molar-refractivity contribution < 1.29 is 22.4 Å². The number of carbonyl (C=O) groups is 2.